The highest BCUT2D eigenvalue weighted by atomic mass is 35.5. The minimum absolute atomic E-state index is 0. The second-order valence-electron chi connectivity index (χ2n) is 4.20. The van der Waals surface area contributed by atoms with Gasteiger partial charge in [-0.3, -0.25) is 4.79 Å². The Hall–Kier alpha value is -0.580. The molecule has 0 saturated heterocycles. The standard InChI is InChI=1S/C12H20N2OS.ClH/c1-4-14(8-10-6-5-7-16-10)12(15)11(13)9(2)3;/h5-7,9,11H,4,8,13H2,1-3H3;1H. The van der Waals surface area contributed by atoms with Gasteiger partial charge in [0.1, 0.15) is 0 Å². The van der Waals surface area contributed by atoms with Crippen molar-refractivity contribution in [3.05, 3.63) is 22.4 Å². The minimum atomic E-state index is -0.389. The van der Waals surface area contributed by atoms with Gasteiger partial charge in [0.2, 0.25) is 5.91 Å². The van der Waals surface area contributed by atoms with Crippen molar-refractivity contribution < 1.29 is 4.79 Å². The molecule has 0 fully saturated rings. The molecule has 0 aromatic carbocycles. The topological polar surface area (TPSA) is 46.3 Å². The molecule has 1 unspecified atom stereocenters. The van der Waals surface area contributed by atoms with Crippen molar-refractivity contribution in [2.45, 2.75) is 33.4 Å². The van der Waals surface area contributed by atoms with Crippen LogP contribution in [0.3, 0.4) is 0 Å². The van der Waals surface area contributed by atoms with Gasteiger partial charge in [0, 0.05) is 11.4 Å². The van der Waals surface area contributed by atoms with Gasteiger partial charge in [-0.25, -0.2) is 0 Å². The molecule has 5 heteroatoms. The summed E-state index contributed by atoms with van der Waals surface area (Å²) in [5.41, 5.74) is 5.88. The molecule has 2 N–H and O–H groups in total. The maximum Gasteiger partial charge on any atom is 0.240 e. The fourth-order valence-corrected chi connectivity index (χ4v) is 2.15. The van der Waals surface area contributed by atoms with Crippen LogP contribution in [0.1, 0.15) is 25.6 Å². The Labute approximate surface area is 113 Å². The molecule has 0 aliphatic heterocycles. The zero-order valence-corrected chi connectivity index (χ0v) is 12.2. The van der Waals surface area contributed by atoms with Gasteiger partial charge in [0.05, 0.1) is 12.6 Å². The third kappa shape index (κ3) is 4.66. The average molecular weight is 277 g/mol. The van der Waals surface area contributed by atoms with Gasteiger partial charge in [-0.15, -0.1) is 23.7 Å². The molecule has 1 heterocycles. The molecule has 98 valence electrons. The number of hydrogen-bond acceptors (Lipinski definition) is 3. The zero-order chi connectivity index (χ0) is 12.1. The van der Waals surface area contributed by atoms with Gasteiger partial charge in [-0.05, 0) is 24.3 Å². The van der Waals surface area contributed by atoms with Gasteiger partial charge in [-0.2, -0.15) is 0 Å². The summed E-state index contributed by atoms with van der Waals surface area (Å²) in [6.07, 6.45) is 0. The number of halogens is 1. The Bertz CT molecular complexity index is 327. The van der Waals surface area contributed by atoms with Crippen molar-refractivity contribution in [3.63, 3.8) is 0 Å². The molecule has 0 aliphatic carbocycles. The Morgan fingerprint density at radius 1 is 1.53 bits per heavy atom. The highest BCUT2D eigenvalue weighted by molar-refractivity contribution is 7.09. The van der Waals surface area contributed by atoms with Crippen molar-refractivity contribution in [1.82, 2.24) is 4.90 Å². The fraction of sp³-hybridized carbons (Fsp3) is 0.583. The number of nitrogens with zero attached hydrogens (tertiary/aromatic N) is 1. The number of amides is 1. The molecule has 1 aromatic heterocycles. The summed E-state index contributed by atoms with van der Waals surface area (Å²) in [7, 11) is 0. The van der Waals surface area contributed by atoms with Crippen LogP contribution in [0.2, 0.25) is 0 Å². The largest absolute Gasteiger partial charge is 0.336 e. The molecule has 0 saturated carbocycles. The minimum Gasteiger partial charge on any atom is -0.336 e. The highest BCUT2D eigenvalue weighted by Gasteiger charge is 2.22. The first-order chi connectivity index (χ1) is 7.56. The average Bonchev–Trinajstić information content (AvgIpc) is 2.76. The SMILES string of the molecule is CCN(Cc1cccs1)C(=O)C(N)C(C)C.Cl. The molecule has 3 nitrogen and oxygen atoms in total. The van der Waals surface area contributed by atoms with Crippen molar-refractivity contribution in [1.29, 1.82) is 0 Å². The Balaban J connectivity index is 0.00000256. The summed E-state index contributed by atoms with van der Waals surface area (Å²) in [6.45, 7) is 7.31. The maximum atomic E-state index is 12.0. The number of hydrogen-bond donors (Lipinski definition) is 1. The van der Waals surface area contributed by atoms with Crippen LogP contribution in [0.25, 0.3) is 0 Å². The lowest BCUT2D eigenvalue weighted by atomic mass is 10.0. The van der Waals surface area contributed by atoms with E-state index >= 15 is 0 Å². The predicted octanol–water partition coefficient (Wildman–Crippen LogP) is 2.50. The van der Waals surface area contributed by atoms with Crippen LogP contribution >= 0.6 is 23.7 Å². The lowest BCUT2D eigenvalue weighted by Gasteiger charge is -2.25. The first-order valence-corrected chi connectivity index (χ1v) is 6.51. The Kier molecular flexibility index (Phi) is 7.43. The monoisotopic (exact) mass is 276 g/mol. The van der Waals surface area contributed by atoms with E-state index in [1.807, 2.05) is 43.2 Å². The van der Waals surface area contributed by atoms with Crippen LogP contribution in [-0.4, -0.2) is 23.4 Å². The van der Waals surface area contributed by atoms with Crippen LogP contribution < -0.4 is 5.73 Å². The molecule has 1 atom stereocenters. The highest BCUT2D eigenvalue weighted by Crippen LogP contribution is 2.13. The number of thiophene rings is 1. The fourth-order valence-electron chi connectivity index (χ4n) is 1.43. The summed E-state index contributed by atoms with van der Waals surface area (Å²) in [6, 6.07) is 3.65. The summed E-state index contributed by atoms with van der Waals surface area (Å²) >= 11 is 1.67. The maximum absolute atomic E-state index is 12.0. The van der Waals surface area contributed by atoms with E-state index in [0.29, 0.717) is 13.1 Å². The van der Waals surface area contributed by atoms with Crippen LogP contribution in [0.15, 0.2) is 17.5 Å². The van der Waals surface area contributed by atoms with Gasteiger partial charge >= 0.3 is 0 Å². The molecule has 0 radical (unpaired) electrons. The van der Waals surface area contributed by atoms with E-state index in [1.165, 1.54) is 4.88 Å². The Morgan fingerprint density at radius 2 is 2.18 bits per heavy atom. The van der Waals surface area contributed by atoms with Crippen LogP contribution in [0.4, 0.5) is 0 Å². The zero-order valence-electron chi connectivity index (χ0n) is 10.6. The normalized spacial score (nSPS) is 12.1. The molecule has 1 rings (SSSR count). The van der Waals surface area contributed by atoms with E-state index in [4.69, 9.17) is 5.73 Å². The van der Waals surface area contributed by atoms with E-state index in [9.17, 15) is 4.79 Å². The number of nitrogens with two attached hydrogens (primary N) is 1. The number of carbonyl (C=O) groups is 1. The van der Waals surface area contributed by atoms with Crippen LogP contribution in [0.5, 0.6) is 0 Å². The second kappa shape index (κ2) is 7.69. The van der Waals surface area contributed by atoms with Gasteiger partial charge in [0.15, 0.2) is 0 Å². The van der Waals surface area contributed by atoms with Crippen molar-refractivity contribution in [2.24, 2.45) is 11.7 Å². The van der Waals surface area contributed by atoms with Crippen molar-refractivity contribution in [3.8, 4) is 0 Å². The van der Waals surface area contributed by atoms with E-state index < -0.39 is 0 Å². The summed E-state index contributed by atoms with van der Waals surface area (Å²) in [5.74, 6) is 0.232. The molecule has 0 aliphatic rings. The third-order valence-corrected chi connectivity index (χ3v) is 3.48. The van der Waals surface area contributed by atoms with Gasteiger partial charge < -0.3 is 10.6 Å². The van der Waals surface area contributed by atoms with Crippen LogP contribution in [0, 0.1) is 5.92 Å². The smallest absolute Gasteiger partial charge is 0.240 e. The van der Waals surface area contributed by atoms with E-state index in [-0.39, 0.29) is 30.3 Å². The number of carbonyl (C=O) groups excluding carboxylic acids is 1. The first-order valence-electron chi connectivity index (χ1n) is 5.63. The quantitative estimate of drug-likeness (QED) is 0.898. The molecule has 0 spiro atoms. The van der Waals surface area contributed by atoms with Crippen molar-refractivity contribution in [2.75, 3.05) is 6.54 Å². The second-order valence-corrected chi connectivity index (χ2v) is 5.23. The third-order valence-electron chi connectivity index (χ3n) is 2.62. The summed E-state index contributed by atoms with van der Waals surface area (Å²) in [5, 5.41) is 2.02. The summed E-state index contributed by atoms with van der Waals surface area (Å²) < 4.78 is 0. The van der Waals surface area contributed by atoms with Gasteiger partial charge in [0.25, 0.3) is 0 Å². The summed E-state index contributed by atoms with van der Waals surface area (Å²) in [4.78, 5) is 15.1. The van der Waals surface area contributed by atoms with E-state index in [0.717, 1.165) is 0 Å². The molecule has 1 aromatic rings. The van der Waals surface area contributed by atoms with Crippen LogP contribution in [-0.2, 0) is 11.3 Å². The lowest BCUT2D eigenvalue weighted by Crippen LogP contribution is -2.46. The number of rotatable bonds is 5. The van der Waals surface area contributed by atoms with E-state index in [1.54, 1.807) is 11.3 Å². The first kappa shape index (κ1) is 16.4. The lowest BCUT2D eigenvalue weighted by molar-refractivity contribution is -0.133. The molecule has 1 amide bonds. The molecule has 17 heavy (non-hydrogen) atoms. The molecular weight excluding hydrogens is 256 g/mol. The number of likely N-dealkylation sites (N-methyl/N-ethyl adjacent to an activating group) is 1. The molecular formula is C12H21ClN2OS. The molecule has 0 bridgehead atoms. The van der Waals surface area contributed by atoms with Gasteiger partial charge in [-0.1, -0.05) is 19.9 Å². The van der Waals surface area contributed by atoms with Crippen molar-refractivity contribution >= 4 is 29.7 Å². The van der Waals surface area contributed by atoms with E-state index in [2.05, 4.69) is 0 Å². The Morgan fingerprint density at radius 3 is 2.59 bits per heavy atom. The predicted molar refractivity (Wildman–Crippen MR) is 75.5 cm³/mol.